The average Bonchev–Trinajstić information content (AvgIpc) is 2.47. The van der Waals surface area contributed by atoms with E-state index in [9.17, 15) is 0 Å². The second-order valence-electron chi connectivity index (χ2n) is 3.53. The predicted octanol–water partition coefficient (Wildman–Crippen LogP) is 3.54. The van der Waals surface area contributed by atoms with Crippen molar-refractivity contribution < 1.29 is 0 Å². The second-order valence-corrected chi connectivity index (χ2v) is 4.96. The van der Waals surface area contributed by atoms with E-state index in [1.165, 1.54) is 49.1 Å². The van der Waals surface area contributed by atoms with Gasteiger partial charge in [-0.05, 0) is 25.7 Å². The van der Waals surface area contributed by atoms with Crippen LogP contribution in [0.2, 0.25) is 0 Å². The fourth-order valence-corrected chi connectivity index (χ4v) is 3.05. The van der Waals surface area contributed by atoms with Gasteiger partial charge >= 0.3 is 0 Å². The Bertz CT molecular complexity index is 257. The molecule has 0 saturated carbocycles. The highest BCUT2D eigenvalue weighted by molar-refractivity contribution is 7.11. The lowest BCUT2D eigenvalue weighted by Gasteiger charge is -2.06. The van der Waals surface area contributed by atoms with Crippen molar-refractivity contribution in [3.63, 3.8) is 0 Å². The third-order valence-corrected chi connectivity index (χ3v) is 4.07. The van der Waals surface area contributed by atoms with Crippen molar-refractivity contribution in [1.82, 2.24) is 4.98 Å². The molecule has 0 unspecified atom stereocenters. The Morgan fingerprint density at radius 3 is 2.69 bits per heavy atom. The van der Waals surface area contributed by atoms with Crippen LogP contribution in [-0.2, 0) is 18.7 Å². The zero-order valence-corrected chi connectivity index (χ0v) is 9.26. The van der Waals surface area contributed by atoms with Gasteiger partial charge in [0.25, 0.3) is 0 Å². The maximum Gasteiger partial charge on any atom is 0.108 e. The van der Waals surface area contributed by atoms with Gasteiger partial charge in [-0.2, -0.15) is 0 Å². The monoisotopic (exact) mass is 215 g/mol. The van der Waals surface area contributed by atoms with Gasteiger partial charge < -0.3 is 0 Å². The first-order valence-corrected chi connectivity index (χ1v) is 6.28. The summed E-state index contributed by atoms with van der Waals surface area (Å²) in [5, 5.41) is 1.11. The molecule has 0 spiro atoms. The number of fused-ring (bicyclic) bond motifs is 1. The zero-order chi connectivity index (χ0) is 9.10. The highest BCUT2D eigenvalue weighted by Crippen LogP contribution is 2.26. The van der Waals surface area contributed by atoms with E-state index in [1.54, 1.807) is 0 Å². The molecule has 1 aliphatic carbocycles. The third kappa shape index (κ3) is 2.23. The van der Waals surface area contributed by atoms with E-state index in [0.29, 0.717) is 5.88 Å². The Morgan fingerprint density at radius 2 is 1.92 bits per heavy atom. The van der Waals surface area contributed by atoms with Crippen molar-refractivity contribution in [2.45, 2.75) is 44.4 Å². The molecule has 0 saturated heterocycles. The quantitative estimate of drug-likeness (QED) is 0.653. The van der Waals surface area contributed by atoms with Crippen LogP contribution in [0, 0.1) is 0 Å². The molecule has 1 aromatic rings. The molecule has 0 N–H and O–H groups in total. The summed E-state index contributed by atoms with van der Waals surface area (Å²) in [6, 6.07) is 0. The first-order chi connectivity index (χ1) is 6.40. The van der Waals surface area contributed by atoms with Crippen molar-refractivity contribution in [3.05, 3.63) is 15.6 Å². The molecule has 0 aliphatic heterocycles. The smallest absolute Gasteiger partial charge is 0.108 e. The Kier molecular flexibility index (Phi) is 3.23. The minimum atomic E-state index is 0.581. The number of rotatable bonds is 1. The molecule has 3 heteroatoms. The number of aromatic nitrogens is 1. The lowest BCUT2D eigenvalue weighted by molar-refractivity contribution is 0.615. The van der Waals surface area contributed by atoms with Gasteiger partial charge in [-0.15, -0.1) is 22.9 Å². The van der Waals surface area contributed by atoms with Crippen LogP contribution < -0.4 is 0 Å². The summed E-state index contributed by atoms with van der Waals surface area (Å²) in [5.74, 6) is 0.581. The van der Waals surface area contributed by atoms with Crippen molar-refractivity contribution in [2.24, 2.45) is 0 Å². The van der Waals surface area contributed by atoms with Gasteiger partial charge in [-0.25, -0.2) is 4.98 Å². The van der Waals surface area contributed by atoms with E-state index in [-0.39, 0.29) is 0 Å². The zero-order valence-electron chi connectivity index (χ0n) is 7.68. The molecule has 0 amide bonds. The van der Waals surface area contributed by atoms with Crippen LogP contribution in [0.1, 0.15) is 41.3 Å². The molecular formula is C10H14ClNS. The van der Waals surface area contributed by atoms with Crippen molar-refractivity contribution in [2.75, 3.05) is 0 Å². The molecule has 1 heterocycles. The van der Waals surface area contributed by atoms with Gasteiger partial charge in [0, 0.05) is 4.88 Å². The maximum absolute atomic E-state index is 5.78. The molecule has 13 heavy (non-hydrogen) atoms. The lowest BCUT2D eigenvalue weighted by Crippen LogP contribution is -1.96. The average molecular weight is 216 g/mol. The number of hydrogen-bond acceptors (Lipinski definition) is 2. The van der Waals surface area contributed by atoms with E-state index in [4.69, 9.17) is 11.6 Å². The van der Waals surface area contributed by atoms with E-state index in [2.05, 4.69) is 4.98 Å². The second kappa shape index (κ2) is 4.43. The van der Waals surface area contributed by atoms with Gasteiger partial charge in [0.15, 0.2) is 0 Å². The number of nitrogens with zero attached hydrogens (tertiary/aromatic N) is 1. The Morgan fingerprint density at radius 1 is 1.15 bits per heavy atom. The number of halogens is 1. The highest BCUT2D eigenvalue weighted by atomic mass is 35.5. The minimum Gasteiger partial charge on any atom is -0.245 e. The lowest BCUT2D eigenvalue weighted by atomic mass is 10.0. The summed E-state index contributed by atoms with van der Waals surface area (Å²) in [4.78, 5) is 6.05. The summed E-state index contributed by atoms with van der Waals surface area (Å²) < 4.78 is 0. The van der Waals surface area contributed by atoms with Crippen LogP contribution in [0.4, 0.5) is 0 Å². The van der Waals surface area contributed by atoms with Crippen LogP contribution in [0.25, 0.3) is 0 Å². The van der Waals surface area contributed by atoms with Crippen LogP contribution in [0.15, 0.2) is 0 Å². The van der Waals surface area contributed by atoms with E-state index < -0.39 is 0 Å². The van der Waals surface area contributed by atoms with E-state index >= 15 is 0 Å². The van der Waals surface area contributed by atoms with Crippen LogP contribution in [-0.4, -0.2) is 4.98 Å². The summed E-state index contributed by atoms with van der Waals surface area (Å²) >= 11 is 7.59. The number of alkyl halides is 1. The molecule has 0 aromatic carbocycles. The van der Waals surface area contributed by atoms with E-state index in [1.807, 2.05) is 11.3 Å². The predicted molar refractivity (Wildman–Crippen MR) is 57.5 cm³/mol. The molecule has 0 fully saturated rings. The number of hydrogen-bond donors (Lipinski definition) is 0. The molecule has 1 aliphatic rings. The van der Waals surface area contributed by atoms with Crippen LogP contribution >= 0.6 is 22.9 Å². The molecule has 2 rings (SSSR count). The first kappa shape index (κ1) is 9.47. The maximum atomic E-state index is 5.78. The molecule has 1 aromatic heterocycles. The van der Waals surface area contributed by atoms with Crippen molar-refractivity contribution >= 4 is 22.9 Å². The molecule has 72 valence electrons. The first-order valence-electron chi connectivity index (χ1n) is 4.93. The summed E-state index contributed by atoms with van der Waals surface area (Å²) in [5.41, 5.74) is 1.33. The molecular weight excluding hydrogens is 202 g/mol. The summed E-state index contributed by atoms with van der Waals surface area (Å²) in [6.45, 7) is 0. The normalized spacial score (nSPS) is 17.6. The van der Waals surface area contributed by atoms with Gasteiger partial charge in [0.1, 0.15) is 5.01 Å². The molecule has 0 bridgehead atoms. The SMILES string of the molecule is ClCc1nc2c(s1)CCCCCC2. The Hall–Kier alpha value is -0.0800. The fourth-order valence-electron chi connectivity index (χ4n) is 1.82. The molecule has 0 atom stereocenters. The van der Waals surface area contributed by atoms with Gasteiger partial charge in [-0.3, -0.25) is 0 Å². The van der Waals surface area contributed by atoms with Crippen molar-refractivity contribution in [3.8, 4) is 0 Å². The highest BCUT2D eigenvalue weighted by Gasteiger charge is 2.12. The standard InChI is InChI=1S/C10H14ClNS/c11-7-10-12-8-5-3-1-2-4-6-9(8)13-10/h1-7H2. The largest absolute Gasteiger partial charge is 0.245 e. The van der Waals surface area contributed by atoms with Crippen molar-refractivity contribution in [1.29, 1.82) is 0 Å². The Labute approximate surface area is 88.1 Å². The number of thiazole rings is 1. The Balaban J connectivity index is 2.21. The van der Waals surface area contributed by atoms with Gasteiger partial charge in [0.05, 0.1) is 11.6 Å². The van der Waals surface area contributed by atoms with E-state index in [0.717, 1.165) is 5.01 Å². The fraction of sp³-hybridized carbons (Fsp3) is 0.700. The topological polar surface area (TPSA) is 12.9 Å². The van der Waals surface area contributed by atoms with Gasteiger partial charge in [0.2, 0.25) is 0 Å². The summed E-state index contributed by atoms with van der Waals surface area (Å²) in [7, 11) is 0. The third-order valence-electron chi connectivity index (χ3n) is 2.50. The summed E-state index contributed by atoms with van der Waals surface area (Å²) in [6.07, 6.45) is 7.78. The van der Waals surface area contributed by atoms with Gasteiger partial charge in [-0.1, -0.05) is 12.8 Å². The minimum absolute atomic E-state index is 0.581. The molecule has 1 nitrogen and oxygen atoms in total. The van der Waals surface area contributed by atoms with Crippen LogP contribution in [0.3, 0.4) is 0 Å². The molecule has 0 radical (unpaired) electrons. The number of aryl methyl sites for hydroxylation is 2. The van der Waals surface area contributed by atoms with Crippen LogP contribution in [0.5, 0.6) is 0 Å².